The fraction of sp³-hybridized carbons (Fsp3) is 0.350. The number of benzene rings is 2. The maximum absolute atomic E-state index is 12.8. The standard InChI is InChI=1S/C20H22Cl2N2O4S2/c21-16-3-1-15(2-4-16)14-29-12-7-23-20(25)18-13-17(5-6-19(18)22)30(26,27)24-8-10-28-11-9-24/h1-6,13H,7-12,14H2,(H,23,25). The van der Waals surface area contributed by atoms with Crippen LogP contribution in [0.5, 0.6) is 0 Å². The van der Waals surface area contributed by atoms with Crippen LogP contribution in [0.15, 0.2) is 47.4 Å². The van der Waals surface area contributed by atoms with E-state index < -0.39 is 15.9 Å². The maximum Gasteiger partial charge on any atom is 0.252 e. The highest BCUT2D eigenvalue weighted by atomic mass is 35.5. The van der Waals surface area contributed by atoms with Crippen molar-refractivity contribution in [3.63, 3.8) is 0 Å². The van der Waals surface area contributed by atoms with Crippen molar-refractivity contribution in [2.24, 2.45) is 0 Å². The summed E-state index contributed by atoms with van der Waals surface area (Å²) in [7, 11) is -3.70. The van der Waals surface area contributed by atoms with Crippen LogP contribution < -0.4 is 5.32 Å². The van der Waals surface area contributed by atoms with Gasteiger partial charge in [-0.3, -0.25) is 4.79 Å². The molecule has 162 valence electrons. The molecule has 0 spiro atoms. The number of hydrogen-bond acceptors (Lipinski definition) is 5. The second kappa shape index (κ2) is 10.8. The van der Waals surface area contributed by atoms with Crippen molar-refractivity contribution in [1.82, 2.24) is 9.62 Å². The molecule has 0 bridgehead atoms. The number of carbonyl (C=O) groups is 1. The lowest BCUT2D eigenvalue weighted by Crippen LogP contribution is -2.40. The number of nitrogens with one attached hydrogen (secondary N) is 1. The summed E-state index contributed by atoms with van der Waals surface area (Å²) in [5, 5.41) is 3.71. The summed E-state index contributed by atoms with van der Waals surface area (Å²) in [6, 6.07) is 11.8. The molecule has 0 unspecified atom stereocenters. The van der Waals surface area contributed by atoms with Crippen molar-refractivity contribution in [3.05, 3.63) is 63.6 Å². The van der Waals surface area contributed by atoms with Gasteiger partial charge in [-0.15, -0.1) is 0 Å². The van der Waals surface area contributed by atoms with E-state index in [1.54, 1.807) is 11.8 Å². The van der Waals surface area contributed by atoms with Crippen LogP contribution in [0.1, 0.15) is 15.9 Å². The quantitative estimate of drug-likeness (QED) is 0.573. The van der Waals surface area contributed by atoms with E-state index >= 15 is 0 Å². The lowest BCUT2D eigenvalue weighted by Gasteiger charge is -2.26. The Labute approximate surface area is 190 Å². The van der Waals surface area contributed by atoms with Gasteiger partial charge in [0.25, 0.3) is 5.91 Å². The highest BCUT2D eigenvalue weighted by molar-refractivity contribution is 7.98. The summed E-state index contributed by atoms with van der Waals surface area (Å²) in [6.45, 7) is 1.73. The normalized spacial score (nSPS) is 15.1. The lowest BCUT2D eigenvalue weighted by molar-refractivity contribution is 0.0730. The fourth-order valence-electron chi connectivity index (χ4n) is 2.88. The Bertz CT molecular complexity index is 979. The predicted octanol–water partition coefficient (Wildman–Crippen LogP) is 3.68. The van der Waals surface area contributed by atoms with E-state index in [2.05, 4.69) is 5.32 Å². The molecular weight excluding hydrogens is 467 g/mol. The molecule has 3 rings (SSSR count). The first kappa shape index (κ1) is 23.4. The molecule has 0 aliphatic carbocycles. The number of ether oxygens (including phenoxy) is 1. The van der Waals surface area contributed by atoms with Gasteiger partial charge in [0.1, 0.15) is 0 Å². The van der Waals surface area contributed by atoms with Crippen molar-refractivity contribution in [1.29, 1.82) is 0 Å². The summed E-state index contributed by atoms with van der Waals surface area (Å²) >= 11 is 13.7. The first-order valence-corrected chi connectivity index (χ1v) is 12.7. The second-order valence-electron chi connectivity index (χ2n) is 6.59. The van der Waals surface area contributed by atoms with Crippen molar-refractivity contribution in [3.8, 4) is 0 Å². The van der Waals surface area contributed by atoms with E-state index in [9.17, 15) is 13.2 Å². The molecule has 0 radical (unpaired) electrons. The van der Waals surface area contributed by atoms with E-state index in [0.717, 1.165) is 11.3 Å². The Morgan fingerprint density at radius 1 is 1.10 bits per heavy atom. The van der Waals surface area contributed by atoms with Crippen molar-refractivity contribution >= 4 is 50.9 Å². The number of sulfonamides is 1. The molecule has 1 N–H and O–H groups in total. The van der Waals surface area contributed by atoms with Crippen LogP contribution in [0.25, 0.3) is 0 Å². The van der Waals surface area contributed by atoms with E-state index in [4.69, 9.17) is 27.9 Å². The average molecular weight is 489 g/mol. The first-order valence-electron chi connectivity index (χ1n) is 9.36. The molecule has 1 heterocycles. The van der Waals surface area contributed by atoms with Crippen LogP contribution in [0.4, 0.5) is 0 Å². The van der Waals surface area contributed by atoms with Gasteiger partial charge in [0.15, 0.2) is 0 Å². The van der Waals surface area contributed by atoms with Crippen molar-refractivity contribution in [2.75, 3.05) is 38.6 Å². The first-order chi connectivity index (χ1) is 14.4. The molecule has 0 atom stereocenters. The van der Waals surface area contributed by atoms with Crippen LogP contribution in [0.2, 0.25) is 10.0 Å². The van der Waals surface area contributed by atoms with E-state index in [1.165, 1.54) is 22.5 Å². The van der Waals surface area contributed by atoms with E-state index in [0.29, 0.717) is 30.5 Å². The molecule has 1 fully saturated rings. The molecule has 30 heavy (non-hydrogen) atoms. The molecule has 6 nitrogen and oxygen atoms in total. The third-order valence-electron chi connectivity index (χ3n) is 4.50. The second-order valence-corrected chi connectivity index (χ2v) is 10.5. The van der Waals surface area contributed by atoms with Gasteiger partial charge in [-0.05, 0) is 35.9 Å². The Morgan fingerprint density at radius 2 is 1.80 bits per heavy atom. The Morgan fingerprint density at radius 3 is 2.50 bits per heavy atom. The van der Waals surface area contributed by atoms with E-state index in [-0.39, 0.29) is 28.6 Å². The molecule has 1 aliphatic heterocycles. The molecule has 10 heteroatoms. The van der Waals surface area contributed by atoms with Crippen molar-refractivity contribution in [2.45, 2.75) is 10.6 Å². The fourth-order valence-corrected chi connectivity index (χ4v) is 5.46. The molecule has 0 saturated carbocycles. The predicted molar refractivity (Wildman–Crippen MR) is 121 cm³/mol. The van der Waals surface area contributed by atoms with Gasteiger partial charge in [-0.25, -0.2) is 8.42 Å². The summed E-state index contributed by atoms with van der Waals surface area (Å²) in [4.78, 5) is 12.6. The van der Waals surface area contributed by atoms with Gasteiger partial charge in [0.2, 0.25) is 10.0 Å². The largest absolute Gasteiger partial charge is 0.379 e. The summed E-state index contributed by atoms with van der Waals surface area (Å²) in [5.41, 5.74) is 1.30. The minimum Gasteiger partial charge on any atom is -0.379 e. The third kappa shape index (κ3) is 6.12. The van der Waals surface area contributed by atoms with Gasteiger partial charge < -0.3 is 10.1 Å². The minimum atomic E-state index is -3.70. The number of halogens is 2. The van der Waals surface area contributed by atoms with Gasteiger partial charge in [0, 0.05) is 36.2 Å². The topological polar surface area (TPSA) is 75.7 Å². The van der Waals surface area contributed by atoms with Crippen LogP contribution >= 0.6 is 35.0 Å². The average Bonchev–Trinajstić information content (AvgIpc) is 2.75. The number of nitrogens with zero attached hydrogens (tertiary/aromatic N) is 1. The third-order valence-corrected chi connectivity index (χ3v) is 8.01. The Kier molecular flexibility index (Phi) is 8.44. The number of hydrogen-bond donors (Lipinski definition) is 1. The van der Waals surface area contributed by atoms with Crippen LogP contribution in [-0.2, 0) is 20.5 Å². The van der Waals surface area contributed by atoms with Gasteiger partial charge >= 0.3 is 0 Å². The Balaban J connectivity index is 1.56. The monoisotopic (exact) mass is 488 g/mol. The summed E-state index contributed by atoms with van der Waals surface area (Å²) < 4.78 is 32.2. The number of carbonyl (C=O) groups excluding carboxylic acids is 1. The lowest BCUT2D eigenvalue weighted by atomic mass is 10.2. The number of amides is 1. The molecular formula is C20H22Cl2N2O4S2. The SMILES string of the molecule is O=C(NCCSCc1ccc(Cl)cc1)c1cc(S(=O)(=O)N2CCOCC2)ccc1Cl. The number of rotatable bonds is 8. The molecule has 1 saturated heterocycles. The van der Waals surface area contributed by atoms with Crippen molar-refractivity contribution < 1.29 is 17.9 Å². The minimum absolute atomic E-state index is 0.0519. The van der Waals surface area contributed by atoms with Gasteiger partial charge in [-0.1, -0.05) is 35.3 Å². The zero-order chi connectivity index (χ0) is 21.6. The summed E-state index contributed by atoms with van der Waals surface area (Å²) in [6.07, 6.45) is 0. The van der Waals surface area contributed by atoms with Crippen LogP contribution in [0.3, 0.4) is 0 Å². The highest BCUT2D eigenvalue weighted by Crippen LogP contribution is 2.24. The number of morpholine rings is 1. The zero-order valence-corrected chi connectivity index (χ0v) is 19.3. The molecule has 1 amide bonds. The highest BCUT2D eigenvalue weighted by Gasteiger charge is 2.27. The van der Waals surface area contributed by atoms with Crippen LogP contribution in [-0.4, -0.2) is 57.2 Å². The smallest absolute Gasteiger partial charge is 0.252 e. The molecule has 0 aromatic heterocycles. The summed E-state index contributed by atoms with van der Waals surface area (Å²) in [5.74, 6) is 1.12. The maximum atomic E-state index is 12.8. The zero-order valence-electron chi connectivity index (χ0n) is 16.1. The van der Waals surface area contributed by atoms with Gasteiger partial charge in [0.05, 0.1) is 28.7 Å². The molecule has 2 aromatic carbocycles. The molecule has 1 aliphatic rings. The van der Waals surface area contributed by atoms with E-state index in [1.807, 2.05) is 24.3 Å². The number of thioether (sulfide) groups is 1. The van der Waals surface area contributed by atoms with Crippen LogP contribution in [0, 0.1) is 0 Å². The van der Waals surface area contributed by atoms with Gasteiger partial charge in [-0.2, -0.15) is 16.1 Å². The molecule has 2 aromatic rings. The Hall–Kier alpha value is -1.29.